The Kier molecular flexibility index (Phi) is 6.79. The number of benzene rings is 1. The predicted molar refractivity (Wildman–Crippen MR) is 112 cm³/mol. The van der Waals surface area contributed by atoms with Gasteiger partial charge in [0, 0.05) is 31.4 Å². The Morgan fingerprint density at radius 2 is 1.90 bits per heavy atom. The van der Waals surface area contributed by atoms with Gasteiger partial charge < -0.3 is 20.9 Å². The lowest BCUT2D eigenvalue weighted by Crippen LogP contribution is -2.46. The molecule has 0 saturated carbocycles. The summed E-state index contributed by atoms with van der Waals surface area (Å²) in [5, 5.41) is 2.73. The molecule has 1 aromatic carbocycles. The van der Waals surface area contributed by atoms with Gasteiger partial charge in [0.1, 0.15) is 6.04 Å². The number of carbonyl (C=O) groups excluding carboxylic acids is 3. The number of carbonyl (C=O) groups is 3. The van der Waals surface area contributed by atoms with E-state index in [0.717, 1.165) is 5.56 Å². The van der Waals surface area contributed by atoms with Crippen LogP contribution < -0.4 is 11.1 Å². The summed E-state index contributed by atoms with van der Waals surface area (Å²) in [5.74, 6) is -1.04. The van der Waals surface area contributed by atoms with Crippen LogP contribution in [0.4, 0.5) is 0 Å². The van der Waals surface area contributed by atoms with E-state index in [-0.39, 0.29) is 36.9 Å². The molecule has 0 aliphatic carbocycles. The van der Waals surface area contributed by atoms with Crippen molar-refractivity contribution in [1.29, 1.82) is 0 Å². The van der Waals surface area contributed by atoms with Crippen LogP contribution in [0.3, 0.4) is 0 Å². The number of rotatable bonds is 7. The van der Waals surface area contributed by atoms with Crippen molar-refractivity contribution in [3.8, 4) is 0 Å². The molecule has 3 amide bonds. The summed E-state index contributed by atoms with van der Waals surface area (Å²) in [7, 11) is 3.86. The van der Waals surface area contributed by atoms with Crippen LogP contribution in [0.2, 0.25) is 0 Å². The minimum atomic E-state index is -0.691. The van der Waals surface area contributed by atoms with Crippen LogP contribution in [-0.4, -0.2) is 65.2 Å². The maximum absolute atomic E-state index is 13.2. The van der Waals surface area contributed by atoms with E-state index in [4.69, 9.17) is 5.73 Å². The van der Waals surface area contributed by atoms with Gasteiger partial charge >= 0.3 is 0 Å². The Morgan fingerprint density at radius 1 is 1.17 bits per heavy atom. The molecule has 3 N–H and O–H groups in total. The minimum absolute atomic E-state index is 0.0427. The van der Waals surface area contributed by atoms with Crippen molar-refractivity contribution in [2.75, 3.05) is 20.6 Å². The van der Waals surface area contributed by atoms with Crippen LogP contribution >= 0.6 is 0 Å². The second-order valence-electron chi connectivity index (χ2n) is 7.59. The van der Waals surface area contributed by atoms with E-state index in [1.807, 2.05) is 49.3 Å². The lowest BCUT2D eigenvalue weighted by Gasteiger charge is -2.33. The van der Waals surface area contributed by atoms with Gasteiger partial charge in [-0.25, -0.2) is 0 Å². The molecule has 8 nitrogen and oxygen atoms in total. The number of likely N-dealkylation sites (N-methyl/N-ethyl adjacent to an activating group) is 1. The van der Waals surface area contributed by atoms with E-state index < -0.39 is 11.9 Å². The highest BCUT2D eigenvalue weighted by Gasteiger charge is 2.47. The third kappa shape index (κ3) is 4.65. The van der Waals surface area contributed by atoms with Gasteiger partial charge in [0.25, 0.3) is 5.91 Å². The maximum Gasteiger partial charge on any atom is 0.252 e. The van der Waals surface area contributed by atoms with Crippen LogP contribution in [0.1, 0.15) is 34.8 Å². The monoisotopic (exact) mass is 409 g/mol. The highest BCUT2D eigenvalue weighted by molar-refractivity contribution is 5.94. The highest BCUT2D eigenvalue weighted by atomic mass is 16.2. The lowest BCUT2D eigenvalue weighted by atomic mass is 9.99. The van der Waals surface area contributed by atoms with Crippen molar-refractivity contribution in [3.05, 3.63) is 66.0 Å². The van der Waals surface area contributed by atoms with Crippen molar-refractivity contribution in [3.63, 3.8) is 0 Å². The van der Waals surface area contributed by atoms with E-state index >= 15 is 0 Å². The van der Waals surface area contributed by atoms with Gasteiger partial charge in [-0.05, 0) is 38.2 Å². The standard InChI is InChI=1S/C22H27N5O3/c1-26(2)17-13-18(21(23)29)27(20(17)15-7-4-3-5-8-15)19(28)10-12-25-22(30)16-9-6-11-24-14-16/h3-9,11,14,17-18,20H,10,12-13H2,1-2H3,(H2,23,29)(H,25,30)/t17-,18+,20+/m1/s1. The number of likely N-dealkylation sites (tertiary alicyclic amines) is 1. The third-order valence-electron chi connectivity index (χ3n) is 5.43. The topological polar surface area (TPSA) is 109 Å². The number of aromatic nitrogens is 1. The van der Waals surface area contributed by atoms with Crippen molar-refractivity contribution >= 4 is 17.7 Å². The van der Waals surface area contributed by atoms with Gasteiger partial charge in [0.15, 0.2) is 0 Å². The molecule has 0 bridgehead atoms. The second kappa shape index (κ2) is 9.49. The average molecular weight is 409 g/mol. The number of nitrogens with one attached hydrogen (secondary N) is 1. The van der Waals surface area contributed by atoms with E-state index in [2.05, 4.69) is 10.3 Å². The zero-order chi connectivity index (χ0) is 21.7. The Hall–Kier alpha value is -3.26. The number of pyridine rings is 1. The second-order valence-corrected chi connectivity index (χ2v) is 7.59. The number of amides is 3. The average Bonchev–Trinajstić information content (AvgIpc) is 3.16. The lowest BCUT2D eigenvalue weighted by molar-refractivity contribution is -0.139. The molecule has 1 fully saturated rings. The van der Waals surface area contributed by atoms with Crippen molar-refractivity contribution in [2.45, 2.75) is 31.0 Å². The maximum atomic E-state index is 13.2. The zero-order valence-electron chi connectivity index (χ0n) is 17.2. The molecule has 1 aliphatic heterocycles. The normalized spacial score (nSPS) is 20.9. The Morgan fingerprint density at radius 3 is 2.50 bits per heavy atom. The Labute approximate surface area is 176 Å². The van der Waals surface area contributed by atoms with E-state index in [9.17, 15) is 14.4 Å². The molecule has 1 saturated heterocycles. The van der Waals surface area contributed by atoms with Crippen molar-refractivity contribution in [2.24, 2.45) is 5.73 Å². The molecule has 0 unspecified atom stereocenters. The van der Waals surface area contributed by atoms with Crippen LogP contribution in [0.5, 0.6) is 0 Å². The van der Waals surface area contributed by atoms with Gasteiger partial charge in [0.2, 0.25) is 11.8 Å². The fourth-order valence-electron chi connectivity index (χ4n) is 3.97. The first-order valence-corrected chi connectivity index (χ1v) is 9.90. The smallest absolute Gasteiger partial charge is 0.252 e. The summed E-state index contributed by atoms with van der Waals surface area (Å²) in [6.07, 6.45) is 3.59. The summed E-state index contributed by atoms with van der Waals surface area (Å²) in [4.78, 5) is 45.1. The van der Waals surface area contributed by atoms with Gasteiger partial charge in [-0.3, -0.25) is 19.4 Å². The molecule has 2 heterocycles. The third-order valence-corrected chi connectivity index (χ3v) is 5.43. The molecule has 0 radical (unpaired) electrons. The molecule has 0 spiro atoms. The van der Waals surface area contributed by atoms with Crippen molar-refractivity contribution in [1.82, 2.24) is 20.1 Å². The van der Waals surface area contributed by atoms with Gasteiger partial charge in [-0.1, -0.05) is 30.3 Å². The molecule has 158 valence electrons. The number of primary amides is 1. The summed E-state index contributed by atoms with van der Waals surface area (Å²) in [5.41, 5.74) is 7.03. The molecule has 1 aromatic heterocycles. The Balaban J connectivity index is 1.76. The molecule has 8 heteroatoms. The largest absolute Gasteiger partial charge is 0.368 e. The summed E-state index contributed by atoms with van der Waals surface area (Å²) >= 11 is 0. The van der Waals surface area contributed by atoms with E-state index in [1.165, 1.54) is 6.20 Å². The minimum Gasteiger partial charge on any atom is -0.368 e. The molecule has 30 heavy (non-hydrogen) atoms. The molecule has 3 atom stereocenters. The summed E-state index contributed by atoms with van der Waals surface area (Å²) in [6, 6.07) is 11.9. The van der Waals surface area contributed by atoms with E-state index in [1.54, 1.807) is 23.2 Å². The number of hydrogen-bond acceptors (Lipinski definition) is 5. The molecule has 2 aromatic rings. The predicted octanol–water partition coefficient (Wildman–Crippen LogP) is 0.959. The highest BCUT2D eigenvalue weighted by Crippen LogP contribution is 2.39. The first-order chi connectivity index (χ1) is 14.4. The molecule has 3 rings (SSSR count). The van der Waals surface area contributed by atoms with Gasteiger partial charge in [-0.2, -0.15) is 0 Å². The fourth-order valence-corrected chi connectivity index (χ4v) is 3.97. The SMILES string of the molecule is CN(C)[C@@H]1C[C@@H](C(N)=O)N(C(=O)CCNC(=O)c2cccnc2)[C@H]1c1ccccc1. The first kappa shape index (κ1) is 21.4. The molecule has 1 aliphatic rings. The first-order valence-electron chi connectivity index (χ1n) is 9.90. The van der Waals surface area contributed by atoms with Crippen LogP contribution in [0, 0.1) is 0 Å². The van der Waals surface area contributed by atoms with Crippen LogP contribution in [-0.2, 0) is 9.59 Å². The fraction of sp³-hybridized carbons (Fsp3) is 0.364. The summed E-state index contributed by atoms with van der Waals surface area (Å²) in [6.45, 7) is 0.155. The molecular formula is C22H27N5O3. The Bertz CT molecular complexity index is 888. The van der Waals surface area contributed by atoms with Gasteiger partial charge in [0.05, 0.1) is 11.6 Å². The quantitative estimate of drug-likeness (QED) is 0.708. The number of nitrogens with two attached hydrogens (primary N) is 1. The van der Waals surface area contributed by atoms with Crippen LogP contribution in [0.25, 0.3) is 0 Å². The summed E-state index contributed by atoms with van der Waals surface area (Å²) < 4.78 is 0. The zero-order valence-corrected chi connectivity index (χ0v) is 17.2. The van der Waals surface area contributed by atoms with E-state index in [0.29, 0.717) is 12.0 Å². The van der Waals surface area contributed by atoms with Crippen LogP contribution in [0.15, 0.2) is 54.9 Å². The van der Waals surface area contributed by atoms with Gasteiger partial charge in [-0.15, -0.1) is 0 Å². The number of nitrogens with zero attached hydrogens (tertiary/aromatic N) is 3. The van der Waals surface area contributed by atoms with Crippen molar-refractivity contribution < 1.29 is 14.4 Å². The number of hydrogen-bond donors (Lipinski definition) is 2. The molecular weight excluding hydrogens is 382 g/mol.